The number of nitrogens with zero attached hydrogens (tertiary/aromatic N) is 1. The quantitative estimate of drug-likeness (QED) is 0.700. The Morgan fingerprint density at radius 1 is 1.19 bits per heavy atom. The standard InChI is InChI=1S/C14H30N2/c1-9-14(6,7)16(8)11-12(2)10-15-13(3,4)5/h15H,2,9-11H2,1,3-8H3. The van der Waals surface area contributed by atoms with Gasteiger partial charge < -0.3 is 5.32 Å². The van der Waals surface area contributed by atoms with E-state index in [9.17, 15) is 0 Å². The second kappa shape index (κ2) is 5.83. The summed E-state index contributed by atoms with van der Waals surface area (Å²) in [6.45, 7) is 19.3. The summed E-state index contributed by atoms with van der Waals surface area (Å²) in [6, 6.07) is 0. The van der Waals surface area contributed by atoms with E-state index < -0.39 is 0 Å². The van der Waals surface area contributed by atoms with Crippen molar-refractivity contribution in [2.45, 2.75) is 59.0 Å². The van der Waals surface area contributed by atoms with Gasteiger partial charge in [-0.2, -0.15) is 0 Å². The first kappa shape index (κ1) is 15.7. The second-order valence-electron chi connectivity index (χ2n) is 6.38. The molecule has 16 heavy (non-hydrogen) atoms. The average molecular weight is 226 g/mol. The lowest BCUT2D eigenvalue weighted by Gasteiger charge is -2.35. The topological polar surface area (TPSA) is 15.3 Å². The molecule has 2 nitrogen and oxygen atoms in total. The lowest BCUT2D eigenvalue weighted by Crippen LogP contribution is -2.43. The van der Waals surface area contributed by atoms with E-state index >= 15 is 0 Å². The lowest BCUT2D eigenvalue weighted by atomic mass is 9.99. The predicted molar refractivity (Wildman–Crippen MR) is 73.9 cm³/mol. The largest absolute Gasteiger partial charge is 0.308 e. The highest BCUT2D eigenvalue weighted by molar-refractivity contribution is 5.02. The fourth-order valence-corrected chi connectivity index (χ4v) is 1.27. The van der Waals surface area contributed by atoms with E-state index in [-0.39, 0.29) is 11.1 Å². The van der Waals surface area contributed by atoms with Crippen LogP contribution in [0.5, 0.6) is 0 Å². The van der Waals surface area contributed by atoms with Crippen LogP contribution in [-0.2, 0) is 0 Å². The van der Waals surface area contributed by atoms with Gasteiger partial charge in [0.1, 0.15) is 0 Å². The summed E-state index contributed by atoms with van der Waals surface area (Å²) in [5.74, 6) is 0. The third kappa shape index (κ3) is 6.29. The molecule has 1 N–H and O–H groups in total. The fraction of sp³-hybridized carbons (Fsp3) is 0.857. The first-order valence-corrected chi connectivity index (χ1v) is 6.21. The van der Waals surface area contributed by atoms with Crippen molar-refractivity contribution in [3.8, 4) is 0 Å². The van der Waals surface area contributed by atoms with Crippen LogP contribution in [0.25, 0.3) is 0 Å². The van der Waals surface area contributed by atoms with E-state index in [1.807, 2.05) is 0 Å². The van der Waals surface area contributed by atoms with Gasteiger partial charge >= 0.3 is 0 Å². The van der Waals surface area contributed by atoms with Crippen molar-refractivity contribution < 1.29 is 0 Å². The zero-order valence-electron chi connectivity index (χ0n) is 12.3. The van der Waals surface area contributed by atoms with Crippen molar-refractivity contribution in [2.75, 3.05) is 20.1 Å². The Balaban J connectivity index is 4.07. The summed E-state index contributed by atoms with van der Waals surface area (Å²) < 4.78 is 0. The van der Waals surface area contributed by atoms with Crippen LogP contribution < -0.4 is 5.32 Å². The van der Waals surface area contributed by atoms with Crippen molar-refractivity contribution in [3.63, 3.8) is 0 Å². The Hall–Kier alpha value is -0.340. The highest BCUT2D eigenvalue weighted by Gasteiger charge is 2.21. The number of nitrogens with one attached hydrogen (secondary N) is 1. The van der Waals surface area contributed by atoms with Crippen LogP contribution in [0.2, 0.25) is 0 Å². The van der Waals surface area contributed by atoms with Crippen LogP contribution >= 0.6 is 0 Å². The molecule has 0 unspecified atom stereocenters. The molecule has 96 valence electrons. The van der Waals surface area contributed by atoms with Crippen LogP contribution in [0.15, 0.2) is 12.2 Å². The molecule has 0 atom stereocenters. The van der Waals surface area contributed by atoms with Crippen LogP contribution in [0.4, 0.5) is 0 Å². The molecule has 0 rings (SSSR count). The summed E-state index contributed by atoms with van der Waals surface area (Å²) >= 11 is 0. The average Bonchev–Trinajstić information content (AvgIpc) is 2.13. The molecule has 0 fully saturated rings. The number of likely N-dealkylation sites (N-methyl/N-ethyl adjacent to an activating group) is 1. The van der Waals surface area contributed by atoms with E-state index in [1.165, 1.54) is 5.57 Å². The minimum absolute atomic E-state index is 0.168. The van der Waals surface area contributed by atoms with E-state index in [0.717, 1.165) is 19.5 Å². The third-order valence-corrected chi connectivity index (χ3v) is 3.23. The van der Waals surface area contributed by atoms with E-state index in [1.54, 1.807) is 0 Å². The number of rotatable bonds is 6. The molecule has 0 aromatic heterocycles. The molecule has 0 saturated heterocycles. The van der Waals surface area contributed by atoms with Crippen molar-refractivity contribution >= 4 is 0 Å². The molecular weight excluding hydrogens is 196 g/mol. The molecule has 0 aromatic rings. The molecule has 0 aliphatic rings. The Labute approximate surface area is 102 Å². The zero-order chi connectivity index (χ0) is 13.0. The summed E-state index contributed by atoms with van der Waals surface area (Å²) in [7, 11) is 2.17. The SMILES string of the molecule is C=C(CNC(C)(C)C)CN(C)C(C)(C)CC. The molecular formula is C14H30N2. The maximum absolute atomic E-state index is 4.14. The Morgan fingerprint density at radius 3 is 2.06 bits per heavy atom. The summed E-state index contributed by atoms with van der Waals surface area (Å²) in [5.41, 5.74) is 1.67. The van der Waals surface area contributed by atoms with Crippen LogP contribution in [-0.4, -0.2) is 36.1 Å². The molecule has 0 heterocycles. The minimum atomic E-state index is 0.168. The zero-order valence-corrected chi connectivity index (χ0v) is 12.3. The number of hydrogen-bond donors (Lipinski definition) is 1. The van der Waals surface area contributed by atoms with Gasteiger partial charge in [-0.15, -0.1) is 0 Å². The molecule has 2 heteroatoms. The van der Waals surface area contributed by atoms with Crippen molar-refractivity contribution in [3.05, 3.63) is 12.2 Å². The molecule has 0 saturated carbocycles. The minimum Gasteiger partial charge on any atom is -0.308 e. The van der Waals surface area contributed by atoms with Crippen LogP contribution in [0, 0.1) is 0 Å². The lowest BCUT2D eigenvalue weighted by molar-refractivity contribution is 0.163. The monoisotopic (exact) mass is 226 g/mol. The molecule has 0 radical (unpaired) electrons. The highest BCUT2D eigenvalue weighted by atomic mass is 15.2. The molecule has 0 aliphatic carbocycles. The second-order valence-corrected chi connectivity index (χ2v) is 6.38. The van der Waals surface area contributed by atoms with Gasteiger partial charge in [0.15, 0.2) is 0 Å². The predicted octanol–water partition coefficient (Wildman–Crippen LogP) is 3.05. The first-order valence-electron chi connectivity index (χ1n) is 6.21. The van der Waals surface area contributed by atoms with E-state index in [0.29, 0.717) is 0 Å². The van der Waals surface area contributed by atoms with Gasteiger partial charge in [0.25, 0.3) is 0 Å². The molecule has 0 spiro atoms. The maximum Gasteiger partial charge on any atom is 0.0205 e. The van der Waals surface area contributed by atoms with Gasteiger partial charge in [-0.05, 0) is 53.7 Å². The normalized spacial score (nSPS) is 13.2. The van der Waals surface area contributed by atoms with E-state index in [4.69, 9.17) is 0 Å². The Morgan fingerprint density at radius 2 is 1.69 bits per heavy atom. The fourth-order valence-electron chi connectivity index (χ4n) is 1.27. The smallest absolute Gasteiger partial charge is 0.0205 e. The molecule has 0 bridgehead atoms. The summed E-state index contributed by atoms with van der Waals surface area (Å²) in [4.78, 5) is 2.37. The third-order valence-electron chi connectivity index (χ3n) is 3.23. The highest BCUT2D eigenvalue weighted by Crippen LogP contribution is 2.17. The van der Waals surface area contributed by atoms with Gasteiger partial charge in [0.2, 0.25) is 0 Å². The maximum atomic E-state index is 4.14. The molecule has 0 aliphatic heterocycles. The molecule has 0 amide bonds. The van der Waals surface area contributed by atoms with Gasteiger partial charge in [0.05, 0.1) is 0 Å². The van der Waals surface area contributed by atoms with Gasteiger partial charge in [-0.1, -0.05) is 13.5 Å². The Kier molecular flexibility index (Phi) is 5.71. The Bertz CT molecular complexity index is 223. The summed E-state index contributed by atoms with van der Waals surface area (Å²) in [5, 5.41) is 3.47. The summed E-state index contributed by atoms with van der Waals surface area (Å²) in [6.07, 6.45) is 1.16. The van der Waals surface area contributed by atoms with Gasteiger partial charge in [-0.3, -0.25) is 4.90 Å². The van der Waals surface area contributed by atoms with Gasteiger partial charge in [-0.25, -0.2) is 0 Å². The van der Waals surface area contributed by atoms with Crippen LogP contribution in [0.3, 0.4) is 0 Å². The van der Waals surface area contributed by atoms with Crippen LogP contribution in [0.1, 0.15) is 48.0 Å². The van der Waals surface area contributed by atoms with Crippen molar-refractivity contribution in [1.29, 1.82) is 0 Å². The molecule has 0 aromatic carbocycles. The van der Waals surface area contributed by atoms with Crippen molar-refractivity contribution in [1.82, 2.24) is 10.2 Å². The van der Waals surface area contributed by atoms with Crippen molar-refractivity contribution in [2.24, 2.45) is 0 Å². The van der Waals surface area contributed by atoms with Gasteiger partial charge in [0, 0.05) is 24.2 Å². The van der Waals surface area contributed by atoms with E-state index in [2.05, 4.69) is 65.4 Å². The number of hydrogen-bond acceptors (Lipinski definition) is 2. The first-order chi connectivity index (χ1) is 7.08.